The molecule has 7 amide bonds. The molecular formula is C113H86ClN17O13. The fraction of sp³-hybridized carbons (Fsp3) is 0.115. The summed E-state index contributed by atoms with van der Waals surface area (Å²) in [6.45, 7) is 8.82. The molecule has 9 heterocycles. The maximum absolute atomic E-state index is 13.5. The van der Waals surface area contributed by atoms with Crippen molar-refractivity contribution in [2.45, 2.75) is 35.6 Å². The molecule has 4 aromatic heterocycles. The zero-order chi connectivity index (χ0) is 99.7. The molecule has 1 aliphatic carbocycles. The lowest BCUT2D eigenvalue weighted by Gasteiger charge is -2.34. The van der Waals surface area contributed by atoms with Gasteiger partial charge < -0.3 is 30.0 Å². The fourth-order valence-corrected chi connectivity index (χ4v) is 20.1. The number of halogens is 1. The van der Waals surface area contributed by atoms with Gasteiger partial charge in [-0.2, -0.15) is 10.4 Å². The number of H-pyrrole nitrogens is 3. The van der Waals surface area contributed by atoms with Crippen LogP contribution in [0.2, 0.25) is 0 Å². The number of anilines is 3. The molecule has 18 aromatic rings. The number of rotatable bonds is 10. The van der Waals surface area contributed by atoms with Crippen LogP contribution in [-0.4, -0.2) is 154 Å². The van der Waals surface area contributed by atoms with Crippen LogP contribution in [0.25, 0.3) is 48.2 Å². The summed E-state index contributed by atoms with van der Waals surface area (Å²) in [5, 5.41) is 32.9. The van der Waals surface area contributed by atoms with Crippen molar-refractivity contribution in [3.05, 3.63) is 499 Å². The summed E-state index contributed by atoms with van der Waals surface area (Å²) in [4.78, 5) is 179. The Kier molecular flexibility index (Phi) is 26.3. The van der Waals surface area contributed by atoms with E-state index >= 15 is 0 Å². The second-order valence-electron chi connectivity index (χ2n) is 34.6. The second kappa shape index (κ2) is 39.6. The molecule has 5 N–H and O–H groups in total. The number of hydrogen-bond acceptors (Lipinski definition) is 20. The van der Waals surface area contributed by atoms with Gasteiger partial charge in [-0.25, -0.2) is 6.57 Å². The predicted octanol–water partition coefficient (Wildman–Crippen LogP) is 15.4. The number of nitrogens with two attached hydrogens (primary N) is 1. The molecule has 6 aliphatic rings. The van der Waals surface area contributed by atoms with Gasteiger partial charge in [0, 0.05) is 108 Å². The van der Waals surface area contributed by atoms with Gasteiger partial charge >= 0.3 is 0 Å². The number of hydrogen-bond donors (Lipinski definition) is 4. The van der Waals surface area contributed by atoms with Crippen molar-refractivity contribution in [1.29, 1.82) is 0 Å². The Balaban J connectivity index is 0.000000116. The number of carbonyl (C=O) groups excluding carboxylic acids is 9. The summed E-state index contributed by atoms with van der Waals surface area (Å²) in [7, 11) is 6.90. The van der Waals surface area contributed by atoms with E-state index in [0.717, 1.165) is 22.4 Å². The van der Waals surface area contributed by atoms with Crippen LogP contribution in [0, 0.1) is 6.57 Å². The summed E-state index contributed by atoms with van der Waals surface area (Å²) in [6.07, 6.45) is 0.992. The molecule has 24 rings (SSSR count). The van der Waals surface area contributed by atoms with Gasteiger partial charge in [-0.1, -0.05) is 241 Å². The van der Waals surface area contributed by atoms with Crippen molar-refractivity contribution in [3.63, 3.8) is 0 Å². The van der Waals surface area contributed by atoms with Crippen LogP contribution < -0.4 is 42.4 Å². The van der Waals surface area contributed by atoms with Crippen molar-refractivity contribution in [1.82, 2.24) is 60.6 Å². The summed E-state index contributed by atoms with van der Waals surface area (Å²) < 4.78 is 1.53. The molecule has 30 nitrogen and oxygen atoms in total. The summed E-state index contributed by atoms with van der Waals surface area (Å²) in [5.74, 6) is -1.06. The molecule has 0 fully saturated rings. The van der Waals surface area contributed by atoms with Gasteiger partial charge in [-0.3, -0.25) is 77.0 Å². The van der Waals surface area contributed by atoms with Gasteiger partial charge in [-0.05, 0) is 151 Å². The number of amides is 7. The smallest absolute Gasteiger partial charge is 0.287 e. The van der Waals surface area contributed by atoms with E-state index < -0.39 is 16.4 Å². The highest BCUT2D eigenvalue weighted by atomic mass is 35.5. The molecule has 3 atom stereocenters. The number of aryl methyl sites for hydroxylation is 1. The third-order valence-electron chi connectivity index (χ3n) is 27.1. The van der Waals surface area contributed by atoms with E-state index in [1.54, 1.807) is 249 Å². The lowest BCUT2D eigenvalue weighted by molar-refractivity contribution is 0.0631. The van der Waals surface area contributed by atoms with Crippen LogP contribution in [0.1, 0.15) is 169 Å². The molecule has 0 radical (unpaired) electrons. The standard InChI is InChI=1S/C26H20N6O3.C26H19N3O3.C18H18N6O.C15H11NO2.C14H9NO2.C14H8O2.ClH/c1-31-21-13-7-6-12-20(21)26(25-27-29-30-28-25,19-11-5-4-10-18(19)22(31)33)14-15-32-23(34)16-8-2-3-9-17(16)24(32)35;1-27-26(15-16-29-24(31)17-9-3-4-10-18(17)25(29)32)20-12-6-5-11-19(20)23(30)28(2)22-14-8-7-13-21(22)26;1-24-15-9-5-4-8-14(15)18(10-11-19,17-20-22-23-21-17)13-7-3-2-6-12(13)16(24)25;1-16-13-9-5-4-8-12(13)14(17)10-6-2-3-7-11(10)15(16)18;16-13-9-5-1-2-6-10(9)14(17)15-12-8-4-3-7-11(12)13;15-13-9-5-1-2-6-10(9)14(16)12-8-4-3-7-11(12)13;/h2-13H,14-15H2,1H3,(H,27,28,29,30);3-14H,15-16H2,2H3;2-9H,10-11,19H2,1H3,(H,20,21,22,23);2-9H,1H3;1-8H,(H,15,17);1-8H;1H. The third kappa shape index (κ3) is 16.3. The van der Waals surface area contributed by atoms with Gasteiger partial charge in [0.05, 0.1) is 83.7 Å². The van der Waals surface area contributed by atoms with E-state index in [1.807, 2.05) is 133 Å². The van der Waals surface area contributed by atoms with Crippen molar-refractivity contribution in [2.75, 3.05) is 55.5 Å². The summed E-state index contributed by atoms with van der Waals surface area (Å²) in [6, 6.07) is 100. The van der Waals surface area contributed by atoms with Crippen LogP contribution in [0.5, 0.6) is 0 Å². The largest absolute Gasteiger partial charge is 0.330 e. The van der Waals surface area contributed by atoms with Crippen LogP contribution in [0.3, 0.4) is 0 Å². The zero-order valence-corrected chi connectivity index (χ0v) is 78.5. The molecule has 0 saturated heterocycles. The molecule has 0 saturated carbocycles. The van der Waals surface area contributed by atoms with E-state index in [4.69, 9.17) is 12.3 Å². The van der Waals surface area contributed by atoms with Crippen LogP contribution in [0.4, 0.5) is 17.1 Å². The van der Waals surface area contributed by atoms with Gasteiger partial charge in [0.15, 0.2) is 34.1 Å². The molecular weight excluding hydrogens is 1840 g/mol. The molecule has 31 heteroatoms. The summed E-state index contributed by atoms with van der Waals surface area (Å²) in [5.41, 5.74) is 15.5. The first kappa shape index (κ1) is 95.6. The van der Waals surface area contributed by atoms with E-state index in [0.29, 0.717) is 157 Å². The van der Waals surface area contributed by atoms with Crippen molar-refractivity contribution < 1.29 is 43.2 Å². The lowest BCUT2D eigenvalue weighted by atomic mass is 9.69. The summed E-state index contributed by atoms with van der Waals surface area (Å²) >= 11 is 0. The van der Waals surface area contributed by atoms with Crippen LogP contribution in [0.15, 0.2) is 359 Å². The van der Waals surface area contributed by atoms with Crippen LogP contribution >= 0.6 is 12.4 Å². The molecule has 0 spiro atoms. The van der Waals surface area contributed by atoms with Crippen molar-refractivity contribution in [2.24, 2.45) is 12.8 Å². The number of carbonyl (C=O) groups is 9. The number of nitrogens with one attached hydrogen (secondary N) is 3. The van der Waals surface area contributed by atoms with Gasteiger partial charge in [-0.15, -0.1) is 32.8 Å². The Morgan fingerprint density at radius 2 is 0.625 bits per heavy atom. The van der Waals surface area contributed by atoms with E-state index in [-0.39, 0.29) is 113 Å². The molecule has 144 heavy (non-hydrogen) atoms. The number of aromatic nitrogens is 10. The van der Waals surface area contributed by atoms with Gasteiger partial charge in [0.25, 0.3) is 58.0 Å². The Morgan fingerprint density at radius 3 is 1.05 bits per heavy atom. The number of fused-ring (bicyclic) bond motifs is 14. The van der Waals surface area contributed by atoms with Gasteiger partial charge in [0.2, 0.25) is 0 Å². The Labute approximate surface area is 826 Å². The molecule has 0 bridgehead atoms. The molecule has 5 aliphatic heterocycles. The first-order valence-electron chi connectivity index (χ1n) is 45.7. The molecule has 708 valence electrons. The highest BCUT2D eigenvalue weighted by molar-refractivity contribution is 6.28. The van der Waals surface area contributed by atoms with Crippen molar-refractivity contribution >= 4 is 126 Å². The van der Waals surface area contributed by atoms with E-state index in [1.165, 1.54) is 14.4 Å². The average molecular weight is 1930 g/mol. The average Bonchev–Trinajstić information content (AvgIpc) is 1.54. The highest BCUT2D eigenvalue weighted by Gasteiger charge is 2.53. The highest BCUT2D eigenvalue weighted by Crippen LogP contribution is 2.52. The first-order valence-corrected chi connectivity index (χ1v) is 45.7. The van der Waals surface area contributed by atoms with Crippen molar-refractivity contribution in [3.8, 4) is 0 Å². The number of tetrazole rings is 2. The Bertz CT molecular complexity index is 8450. The maximum atomic E-state index is 13.5. The number of aromatic amines is 3. The number of para-hydroxylation sites is 5. The minimum absolute atomic E-state index is 0. The lowest BCUT2D eigenvalue weighted by Crippen LogP contribution is -2.39. The molecule has 14 aromatic carbocycles. The second-order valence-corrected chi connectivity index (χ2v) is 34.6. The normalized spacial score (nSPS) is 16.3. The third-order valence-corrected chi connectivity index (χ3v) is 27.1. The van der Waals surface area contributed by atoms with Gasteiger partial charge in [0.1, 0.15) is 0 Å². The SMILES string of the molecule is CN1C(=O)c2ccccc2C(CCN)(c2nn[nH]n2)c2ccccc21.CN1C(=O)c2ccccc2C(CCN2C(=O)c3ccccc3C2=O)(c2nn[nH]n2)c2ccccc21.Cl.Cn1c(=O)c2ccccc2c(=O)c2ccccc21.O=C1c2ccccc2C(=O)c2ccccc21.O=c1[nH]c2ccccc2c(=O)c2ccccc12.[C-]#[N+]C1(CCN2C(=O)c3ccccc3C2=O)c2ccccc2C(=O)N(C)c2ccccc21. The maximum Gasteiger partial charge on any atom is 0.287 e. The molecule has 3 unspecified atom stereocenters. The number of nitrogens with zero attached hydrogens (tertiary/aromatic N) is 13. The van der Waals surface area contributed by atoms with E-state index in [2.05, 4.69) is 51.1 Å². The first-order chi connectivity index (χ1) is 69.5. The fourth-order valence-electron chi connectivity index (χ4n) is 20.1. The Morgan fingerprint density at radius 1 is 0.312 bits per heavy atom. The topological polar surface area (TPSA) is 398 Å². The predicted molar refractivity (Wildman–Crippen MR) is 547 cm³/mol. The number of imide groups is 2. The Hall–Kier alpha value is -18.7. The minimum atomic E-state index is -1.22. The number of ketones is 2. The van der Waals surface area contributed by atoms with Crippen LogP contribution in [-0.2, 0) is 23.4 Å². The minimum Gasteiger partial charge on any atom is -0.330 e. The quantitative estimate of drug-likeness (QED) is 0.0729. The van der Waals surface area contributed by atoms with E-state index in [9.17, 15) is 62.3 Å². The number of benzene rings is 14. The monoisotopic (exact) mass is 1920 g/mol. The zero-order valence-electron chi connectivity index (χ0n) is 77.7.